The maximum atomic E-state index is 5.55. The molecule has 90 valence electrons. The highest BCUT2D eigenvalue weighted by atomic mass is 16.5. The van der Waals surface area contributed by atoms with Crippen molar-refractivity contribution < 1.29 is 9.15 Å². The van der Waals surface area contributed by atoms with Crippen molar-refractivity contribution in [3.63, 3.8) is 0 Å². The van der Waals surface area contributed by atoms with Gasteiger partial charge in [0.15, 0.2) is 5.76 Å². The first-order chi connectivity index (χ1) is 8.17. The predicted octanol–water partition coefficient (Wildman–Crippen LogP) is 2.43. The van der Waals surface area contributed by atoms with Gasteiger partial charge in [0.2, 0.25) is 5.89 Å². The van der Waals surface area contributed by atoms with E-state index < -0.39 is 0 Å². The van der Waals surface area contributed by atoms with Crippen LogP contribution in [0.5, 0.6) is 5.75 Å². The molecule has 0 spiro atoms. The van der Waals surface area contributed by atoms with Crippen LogP contribution in [0.3, 0.4) is 0 Å². The average molecular weight is 232 g/mol. The molecule has 0 radical (unpaired) electrons. The largest absolute Gasteiger partial charge is 0.496 e. The number of oxazole rings is 1. The number of rotatable bonds is 3. The summed E-state index contributed by atoms with van der Waals surface area (Å²) in [7, 11) is 1.67. The van der Waals surface area contributed by atoms with Crippen molar-refractivity contribution in [2.45, 2.75) is 20.4 Å². The van der Waals surface area contributed by atoms with E-state index in [0.717, 1.165) is 28.2 Å². The number of nitrogens with zero attached hydrogens (tertiary/aromatic N) is 1. The smallest absolute Gasteiger partial charge is 0.208 e. The lowest BCUT2D eigenvalue weighted by atomic mass is 10.0. The van der Waals surface area contributed by atoms with Crippen LogP contribution in [0.2, 0.25) is 0 Å². The molecule has 1 heterocycles. The highest BCUT2D eigenvalue weighted by Crippen LogP contribution is 2.31. The number of nitrogens with two attached hydrogens (primary N) is 1. The predicted molar refractivity (Wildman–Crippen MR) is 65.9 cm³/mol. The molecule has 4 nitrogen and oxygen atoms in total. The molecule has 2 rings (SSSR count). The van der Waals surface area contributed by atoms with E-state index in [4.69, 9.17) is 14.9 Å². The zero-order valence-electron chi connectivity index (χ0n) is 10.3. The van der Waals surface area contributed by atoms with Gasteiger partial charge in [-0.2, -0.15) is 0 Å². The van der Waals surface area contributed by atoms with Gasteiger partial charge in [-0.15, -0.1) is 0 Å². The third kappa shape index (κ3) is 2.03. The zero-order valence-corrected chi connectivity index (χ0v) is 10.3. The van der Waals surface area contributed by atoms with Crippen molar-refractivity contribution in [1.29, 1.82) is 0 Å². The summed E-state index contributed by atoms with van der Waals surface area (Å²) in [4.78, 5) is 4.10. The van der Waals surface area contributed by atoms with E-state index in [-0.39, 0.29) is 0 Å². The van der Waals surface area contributed by atoms with Crippen LogP contribution in [0.4, 0.5) is 0 Å². The minimum absolute atomic E-state index is 0.314. The topological polar surface area (TPSA) is 61.3 Å². The summed E-state index contributed by atoms with van der Waals surface area (Å²) >= 11 is 0. The SMILES string of the molecule is COc1ccc(-c2cnc(CN)o2)c(C)c1C. The molecule has 0 aliphatic heterocycles. The number of methoxy groups -OCH3 is 1. The molecule has 0 saturated carbocycles. The molecular formula is C13H16N2O2. The van der Waals surface area contributed by atoms with E-state index in [2.05, 4.69) is 4.98 Å². The van der Waals surface area contributed by atoms with Gasteiger partial charge in [0.05, 0.1) is 19.9 Å². The third-order valence-electron chi connectivity index (χ3n) is 2.95. The van der Waals surface area contributed by atoms with E-state index in [1.807, 2.05) is 26.0 Å². The second-order valence-corrected chi connectivity index (χ2v) is 3.89. The van der Waals surface area contributed by atoms with Crippen LogP contribution < -0.4 is 10.5 Å². The Morgan fingerprint density at radius 3 is 2.65 bits per heavy atom. The molecule has 17 heavy (non-hydrogen) atoms. The summed E-state index contributed by atoms with van der Waals surface area (Å²) in [6.07, 6.45) is 1.70. The van der Waals surface area contributed by atoms with E-state index in [9.17, 15) is 0 Å². The lowest BCUT2D eigenvalue weighted by Gasteiger charge is -2.10. The molecule has 0 fully saturated rings. The number of hydrogen-bond acceptors (Lipinski definition) is 4. The molecule has 2 N–H and O–H groups in total. The van der Waals surface area contributed by atoms with E-state index >= 15 is 0 Å². The Kier molecular flexibility index (Phi) is 3.15. The highest BCUT2D eigenvalue weighted by molar-refractivity contribution is 5.65. The molecule has 0 saturated heterocycles. The van der Waals surface area contributed by atoms with Gasteiger partial charge < -0.3 is 14.9 Å². The van der Waals surface area contributed by atoms with Crippen molar-refractivity contribution in [3.05, 3.63) is 35.3 Å². The minimum atomic E-state index is 0.314. The molecule has 2 aromatic rings. The summed E-state index contributed by atoms with van der Waals surface area (Å²) in [6, 6.07) is 3.91. The Balaban J connectivity index is 2.49. The van der Waals surface area contributed by atoms with Crippen molar-refractivity contribution >= 4 is 0 Å². The summed E-state index contributed by atoms with van der Waals surface area (Å²) in [5, 5.41) is 0. The normalized spacial score (nSPS) is 10.6. The molecule has 4 heteroatoms. The van der Waals surface area contributed by atoms with Gasteiger partial charge in [0.1, 0.15) is 5.75 Å². The number of hydrogen-bond donors (Lipinski definition) is 1. The van der Waals surface area contributed by atoms with Gasteiger partial charge in [0, 0.05) is 5.56 Å². The first-order valence-corrected chi connectivity index (χ1v) is 5.46. The number of benzene rings is 1. The van der Waals surface area contributed by atoms with Crippen LogP contribution in [0.25, 0.3) is 11.3 Å². The van der Waals surface area contributed by atoms with E-state index in [0.29, 0.717) is 12.4 Å². The van der Waals surface area contributed by atoms with Crippen LogP contribution in [0.15, 0.2) is 22.7 Å². The molecular weight excluding hydrogens is 216 g/mol. The minimum Gasteiger partial charge on any atom is -0.496 e. The van der Waals surface area contributed by atoms with Gasteiger partial charge in [-0.05, 0) is 37.1 Å². The summed E-state index contributed by atoms with van der Waals surface area (Å²) in [6.45, 7) is 4.38. The van der Waals surface area contributed by atoms with Crippen molar-refractivity contribution in [2.75, 3.05) is 7.11 Å². The first-order valence-electron chi connectivity index (χ1n) is 5.46. The monoisotopic (exact) mass is 232 g/mol. The van der Waals surface area contributed by atoms with Crippen molar-refractivity contribution in [1.82, 2.24) is 4.98 Å². The standard InChI is InChI=1S/C13H16N2O2/c1-8-9(2)11(16-3)5-4-10(8)12-7-15-13(6-14)17-12/h4-5,7H,6,14H2,1-3H3. The first kappa shape index (κ1) is 11.7. The fourth-order valence-electron chi connectivity index (χ4n) is 1.81. The molecule has 0 aliphatic rings. The quantitative estimate of drug-likeness (QED) is 0.882. The van der Waals surface area contributed by atoms with Gasteiger partial charge >= 0.3 is 0 Å². The van der Waals surface area contributed by atoms with Gasteiger partial charge in [-0.3, -0.25) is 0 Å². The third-order valence-corrected chi connectivity index (χ3v) is 2.95. The number of ether oxygens (including phenoxy) is 1. The molecule has 0 amide bonds. The lowest BCUT2D eigenvalue weighted by molar-refractivity contribution is 0.411. The van der Waals surface area contributed by atoms with Crippen LogP contribution in [-0.2, 0) is 6.54 Å². The molecule has 0 aliphatic carbocycles. The highest BCUT2D eigenvalue weighted by Gasteiger charge is 2.12. The van der Waals surface area contributed by atoms with Gasteiger partial charge in [-0.1, -0.05) is 0 Å². The van der Waals surface area contributed by atoms with Crippen LogP contribution in [0, 0.1) is 13.8 Å². The Morgan fingerprint density at radius 1 is 1.29 bits per heavy atom. The molecule has 0 atom stereocenters. The molecule has 1 aromatic heterocycles. The Bertz CT molecular complexity index is 532. The van der Waals surface area contributed by atoms with E-state index in [1.54, 1.807) is 13.3 Å². The molecule has 0 bridgehead atoms. The average Bonchev–Trinajstić information content (AvgIpc) is 2.81. The zero-order chi connectivity index (χ0) is 12.4. The Morgan fingerprint density at radius 2 is 2.06 bits per heavy atom. The van der Waals surface area contributed by atoms with Crippen molar-refractivity contribution in [3.8, 4) is 17.1 Å². The van der Waals surface area contributed by atoms with Crippen LogP contribution >= 0.6 is 0 Å². The number of aromatic nitrogens is 1. The lowest BCUT2D eigenvalue weighted by Crippen LogP contribution is -1.95. The Hall–Kier alpha value is -1.81. The maximum absolute atomic E-state index is 5.55. The van der Waals surface area contributed by atoms with Crippen LogP contribution in [0.1, 0.15) is 17.0 Å². The maximum Gasteiger partial charge on any atom is 0.208 e. The molecule has 1 aromatic carbocycles. The van der Waals surface area contributed by atoms with Gasteiger partial charge in [-0.25, -0.2) is 4.98 Å². The van der Waals surface area contributed by atoms with Crippen molar-refractivity contribution in [2.24, 2.45) is 5.73 Å². The fourth-order valence-corrected chi connectivity index (χ4v) is 1.81. The summed E-state index contributed by atoms with van der Waals surface area (Å²) < 4.78 is 10.8. The van der Waals surface area contributed by atoms with E-state index in [1.165, 1.54) is 0 Å². The summed E-state index contributed by atoms with van der Waals surface area (Å²) in [5.74, 6) is 2.17. The second-order valence-electron chi connectivity index (χ2n) is 3.89. The Labute approximate surface area is 100 Å². The summed E-state index contributed by atoms with van der Waals surface area (Å²) in [5.41, 5.74) is 8.74. The fraction of sp³-hybridized carbons (Fsp3) is 0.308. The van der Waals surface area contributed by atoms with Crippen LogP contribution in [-0.4, -0.2) is 12.1 Å². The second kappa shape index (κ2) is 4.59. The van der Waals surface area contributed by atoms with Gasteiger partial charge in [0.25, 0.3) is 0 Å². The molecule has 0 unspecified atom stereocenters.